The minimum absolute atomic E-state index is 0.0324. The number of hydrazone groups is 1. The molecule has 0 saturated carbocycles. The first-order chi connectivity index (χ1) is 13.9. The van der Waals surface area contributed by atoms with Crippen molar-refractivity contribution in [1.29, 1.82) is 0 Å². The van der Waals surface area contributed by atoms with Crippen LogP contribution in [0.3, 0.4) is 0 Å². The Kier molecular flexibility index (Phi) is 5.37. The summed E-state index contributed by atoms with van der Waals surface area (Å²) >= 11 is 1.39. The van der Waals surface area contributed by atoms with Gasteiger partial charge in [0.25, 0.3) is 0 Å². The summed E-state index contributed by atoms with van der Waals surface area (Å²) in [7, 11) is 0. The molecule has 1 aliphatic heterocycles. The minimum Gasteiger partial charge on any atom is -0.467 e. The van der Waals surface area contributed by atoms with Crippen LogP contribution in [0.4, 0.5) is 5.13 Å². The predicted molar refractivity (Wildman–Crippen MR) is 117 cm³/mol. The van der Waals surface area contributed by atoms with Crippen LogP contribution in [0.5, 0.6) is 0 Å². The van der Waals surface area contributed by atoms with Crippen molar-refractivity contribution < 1.29 is 9.21 Å². The number of thiazole rings is 1. The van der Waals surface area contributed by atoms with Gasteiger partial charge in [-0.2, -0.15) is 5.10 Å². The van der Waals surface area contributed by atoms with Crippen molar-refractivity contribution in [2.24, 2.45) is 11.0 Å². The molecule has 1 atom stereocenters. The highest BCUT2D eigenvalue weighted by molar-refractivity contribution is 7.17. The van der Waals surface area contributed by atoms with Gasteiger partial charge >= 0.3 is 0 Å². The van der Waals surface area contributed by atoms with Gasteiger partial charge in [-0.25, -0.2) is 9.99 Å². The van der Waals surface area contributed by atoms with Gasteiger partial charge in [0, 0.05) is 13.3 Å². The number of Topliss-reactive ketones (excluding diaryl/α,β-unsaturated/α-hetero) is 1. The Morgan fingerprint density at radius 1 is 1.28 bits per heavy atom. The first-order valence-corrected chi connectivity index (χ1v) is 10.7. The van der Waals surface area contributed by atoms with Crippen LogP contribution in [-0.4, -0.2) is 16.5 Å². The van der Waals surface area contributed by atoms with Crippen LogP contribution in [0, 0.1) is 12.8 Å². The predicted octanol–water partition coefficient (Wildman–Crippen LogP) is 5.80. The normalized spacial score (nSPS) is 16.5. The third kappa shape index (κ3) is 4.03. The zero-order valence-electron chi connectivity index (χ0n) is 17.2. The Hall–Kier alpha value is -2.73. The number of hydrogen-bond acceptors (Lipinski definition) is 6. The highest BCUT2D eigenvalue weighted by Crippen LogP contribution is 2.39. The molecule has 1 unspecified atom stereocenters. The monoisotopic (exact) mass is 407 g/mol. The lowest BCUT2D eigenvalue weighted by Crippen LogP contribution is -2.17. The van der Waals surface area contributed by atoms with Crippen molar-refractivity contribution >= 4 is 28.0 Å². The molecule has 0 saturated heterocycles. The average Bonchev–Trinajstić information content (AvgIpc) is 3.40. The molecule has 1 aliphatic rings. The molecular weight excluding hydrogens is 382 g/mol. The number of furan rings is 1. The number of anilines is 1. The topological polar surface area (TPSA) is 58.7 Å². The van der Waals surface area contributed by atoms with Crippen molar-refractivity contribution in [3.05, 3.63) is 70.1 Å². The first-order valence-electron chi connectivity index (χ1n) is 9.90. The van der Waals surface area contributed by atoms with Crippen LogP contribution in [-0.2, 0) is 6.42 Å². The average molecular weight is 408 g/mol. The fourth-order valence-corrected chi connectivity index (χ4v) is 4.64. The van der Waals surface area contributed by atoms with E-state index in [1.165, 1.54) is 16.9 Å². The Labute approximate surface area is 175 Å². The number of nitrogens with zero attached hydrogens (tertiary/aromatic N) is 3. The summed E-state index contributed by atoms with van der Waals surface area (Å²) in [5.41, 5.74) is 4.19. The molecule has 4 rings (SSSR count). The fourth-order valence-electron chi connectivity index (χ4n) is 3.68. The molecule has 3 aromatic rings. The maximum absolute atomic E-state index is 11.9. The molecule has 0 N–H and O–H groups in total. The fraction of sp³-hybridized carbons (Fsp3) is 0.348. The van der Waals surface area contributed by atoms with Crippen molar-refractivity contribution in [2.45, 2.75) is 46.6 Å². The lowest BCUT2D eigenvalue weighted by atomic mass is 9.98. The summed E-state index contributed by atoms with van der Waals surface area (Å²) in [6.45, 7) is 7.90. The Morgan fingerprint density at radius 3 is 2.62 bits per heavy atom. The van der Waals surface area contributed by atoms with Crippen molar-refractivity contribution in [3.8, 4) is 0 Å². The zero-order chi connectivity index (χ0) is 20.5. The molecule has 3 heterocycles. The second kappa shape index (κ2) is 7.95. The van der Waals surface area contributed by atoms with Crippen LogP contribution in [0.15, 0.2) is 52.2 Å². The highest BCUT2D eigenvalue weighted by Gasteiger charge is 2.34. The van der Waals surface area contributed by atoms with E-state index < -0.39 is 0 Å². The molecule has 5 nitrogen and oxygen atoms in total. The quantitative estimate of drug-likeness (QED) is 0.485. The van der Waals surface area contributed by atoms with E-state index in [2.05, 4.69) is 43.1 Å². The second-order valence-corrected chi connectivity index (χ2v) is 8.87. The molecule has 0 radical (unpaired) electrons. The van der Waals surface area contributed by atoms with E-state index in [1.54, 1.807) is 13.2 Å². The van der Waals surface area contributed by atoms with E-state index in [0.29, 0.717) is 10.8 Å². The summed E-state index contributed by atoms with van der Waals surface area (Å²) in [6, 6.07) is 12.4. The maximum atomic E-state index is 11.9. The summed E-state index contributed by atoms with van der Waals surface area (Å²) < 4.78 is 5.70. The molecular formula is C23H25N3O2S. The number of rotatable bonds is 6. The van der Waals surface area contributed by atoms with Gasteiger partial charge in [0.1, 0.15) is 11.8 Å². The van der Waals surface area contributed by atoms with Crippen LogP contribution in [0.1, 0.15) is 65.5 Å². The van der Waals surface area contributed by atoms with E-state index in [4.69, 9.17) is 9.52 Å². The minimum atomic E-state index is -0.0688. The van der Waals surface area contributed by atoms with Gasteiger partial charge in [0.05, 0.1) is 22.5 Å². The van der Waals surface area contributed by atoms with Crippen molar-refractivity contribution in [2.75, 3.05) is 5.01 Å². The molecule has 0 aliphatic carbocycles. The number of hydrogen-bond donors (Lipinski definition) is 0. The first kappa shape index (κ1) is 19.6. The summed E-state index contributed by atoms with van der Waals surface area (Å²) in [6.07, 6.45) is 3.48. The summed E-state index contributed by atoms with van der Waals surface area (Å²) in [5, 5.41) is 7.52. The van der Waals surface area contributed by atoms with Crippen molar-refractivity contribution in [3.63, 3.8) is 0 Å². The van der Waals surface area contributed by atoms with Gasteiger partial charge in [0.2, 0.25) is 5.13 Å². The van der Waals surface area contributed by atoms with Crippen LogP contribution < -0.4 is 5.01 Å². The molecule has 0 spiro atoms. The number of benzene rings is 1. The van der Waals surface area contributed by atoms with Crippen LogP contribution in [0.25, 0.3) is 0 Å². The highest BCUT2D eigenvalue weighted by atomic mass is 32.1. The molecule has 150 valence electrons. The summed E-state index contributed by atoms with van der Waals surface area (Å²) in [5.74, 6) is 1.51. The lowest BCUT2D eigenvalue weighted by molar-refractivity contribution is 0.102. The van der Waals surface area contributed by atoms with Gasteiger partial charge in [-0.1, -0.05) is 49.4 Å². The summed E-state index contributed by atoms with van der Waals surface area (Å²) in [4.78, 5) is 17.2. The van der Waals surface area contributed by atoms with Crippen LogP contribution >= 0.6 is 11.3 Å². The number of carbonyl (C=O) groups excluding carboxylic acids is 1. The van der Waals surface area contributed by atoms with Crippen molar-refractivity contribution in [1.82, 2.24) is 4.98 Å². The van der Waals surface area contributed by atoms with Gasteiger partial charge in [-0.3, -0.25) is 4.79 Å². The zero-order valence-corrected chi connectivity index (χ0v) is 18.0. The molecule has 0 fully saturated rings. The second-order valence-electron chi connectivity index (χ2n) is 7.89. The van der Waals surface area contributed by atoms with Gasteiger partial charge < -0.3 is 4.42 Å². The number of aryl methyl sites for hydroxylation is 1. The number of carbonyl (C=O) groups is 1. The largest absolute Gasteiger partial charge is 0.467 e. The smallest absolute Gasteiger partial charge is 0.207 e. The maximum Gasteiger partial charge on any atom is 0.207 e. The van der Waals surface area contributed by atoms with E-state index >= 15 is 0 Å². The number of aromatic nitrogens is 1. The Morgan fingerprint density at radius 2 is 2.03 bits per heavy atom. The van der Waals surface area contributed by atoms with Crippen LogP contribution in [0.2, 0.25) is 0 Å². The molecule has 29 heavy (non-hydrogen) atoms. The molecule has 0 bridgehead atoms. The van der Waals surface area contributed by atoms with Gasteiger partial charge in [-0.05, 0) is 42.5 Å². The molecule has 0 amide bonds. The molecule has 2 aromatic heterocycles. The number of ketones is 1. The molecule has 1 aromatic carbocycles. The third-order valence-corrected chi connectivity index (χ3v) is 6.26. The van der Waals surface area contributed by atoms with E-state index in [0.717, 1.165) is 40.7 Å². The van der Waals surface area contributed by atoms with E-state index in [9.17, 15) is 4.79 Å². The van der Waals surface area contributed by atoms with Gasteiger partial charge in [0.15, 0.2) is 5.78 Å². The van der Waals surface area contributed by atoms with E-state index in [1.807, 2.05) is 24.1 Å². The van der Waals surface area contributed by atoms with E-state index in [-0.39, 0.29) is 11.8 Å². The van der Waals surface area contributed by atoms with Gasteiger partial charge in [-0.15, -0.1) is 0 Å². The SMILES string of the molecule is CC(=O)c1sc(N2N=C(c3ccc(CC(C)C)cc3)CC2c2ccco2)nc1C. The Balaban J connectivity index is 1.68. The lowest BCUT2D eigenvalue weighted by Gasteiger charge is -2.18. The third-order valence-electron chi connectivity index (χ3n) is 5.01. The standard InChI is InChI=1S/C23H25N3O2S/c1-14(2)12-17-7-9-18(10-8-17)19-13-20(21-6-5-11-28-21)26(25-19)23-24-15(3)22(29-23)16(4)27/h5-11,14,20H,12-13H2,1-4H3. The Bertz CT molecular complexity index is 1030. The molecule has 6 heteroatoms.